The van der Waals surface area contributed by atoms with Crippen LogP contribution in [0, 0.1) is 0 Å². The van der Waals surface area contributed by atoms with Gasteiger partial charge in [-0.15, -0.1) is 5.10 Å². The Labute approximate surface area is 116 Å². The molecule has 1 aromatic carbocycles. The summed E-state index contributed by atoms with van der Waals surface area (Å²) in [6.45, 7) is 1.45. The number of carbonyl (C=O) groups excluding carboxylic acids is 1. The molecule has 0 saturated carbocycles. The van der Waals surface area contributed by atoms with Gasteiger partial charge in [0.15, 0.2) is 0 Å². The Morgan fingerprint density at radius 2 is 2.15 bits per heavy atom. The average molecular weight is 275 g/mol. The van der Waals surface area contributed by atoms with Crippen molar-refractivity contribution >= 4 is 11.6 Å². The van der Waals surface area contributed by atoms with E-state index in [2.05, 4.69) is 15.6 Å². The standard InChI is InChI=1S/C13H17N5O2/c14-11-1-3-12(4-2-11)20-10-5-13(19)15-6-8-18-9-7-16-17-18/h1-4,7,9H,5-6,8,10,14H2,(H,15,19). The van der Waals surface area contributed by atoms with Crippen LogP contribution in [0.15, 0.2) is 36.7 Å². The van der Waals surface area contributed by atoms with Gasteiger partial charge in [-0.2, -0.15) is 0 Å². The second-order valence-corrected chi connectivity index (χ2v) is 4.18. The van der Waals surface area contributed by atoms with Crippen molar-refractivity contribution < 1.29 is 9.53 Å². The molecule has 106 valence electrons. The van der Waals surface area contributed by atoms with E-state index in [1.54, 1.807) is 41.3 Å². The van der Waals surface area contributed by atoms with Gasteiger partial charge in [0.05, 0.1) is 25.8 Å². The first-order chi connectivity index (χ1) is 9.74. The molecule has 1 heterocycles. The van der Waals surface area contributed by atoms with Gasteiger partial charge in [0.2, 0.25) is 5.91 Å². The number of rotatable bonds is 7. The minimum atomic E-state index is -0.0550. The molecule has 3 N–H and O–H groups in total. The van der Waals surface area contributed by atoms with E-state index in [-0.39, 0.29) is 5.91 Å². The van der Waals surface area contributed by atoms with Crippen LogP contribution in [0.4, 0.5) is 5.69 Å². The summed E-state index contributed by atoms with van der Waals surface area (Å²) in [6, 6.07) is 7.07. The topological polar surface area (TPSA) is 95.1 Å². The molecule has 0 radical (unpaired) electrons. The number of ether oxygens (including phenoxy) is 1. The third kappa shape index (κ3) is 4.60. The first kappa shape index (κ1) is 13.9. The second kappa shape index (κ2) is 7.13. The number of nitrogens with one attached hydrogen (secondary N) is 1. The molecule has 7 nitrogen and oxygen atoms in total. The van der Waals surface area contributed by atoms with Crippen molar-refractivity contribution in [3.8, 4) is 5.75 Å². The van der Waals surface area contributed by atoms with Crippen LogP contribution in [0.2, 0.25) is 0 Å². The lowest BCUT2D eigenvalue weighted by molar-refractivity contribution is -0.121. The molecule has 0 aliphatic heterocycles. The number of benzene rings is 1. The molecule has 2 rings (SSSR count). The first-order valence-corrected chi connectivity index (χ1v) is 6.33. The smallest absolute Gasteiger partial charge is 0.223 e. The highest BCUT2D eigenvalue weighted by atomic mass is 16.5. The first-order valence-electron chi connectivity index (χ1n) is 6.33. The predicted octanol–water partition coefficient (Wildman–Crippen LogP) is 0.446. The van der Waals surface area contributed by atoms with Crippen LogP contribution in [0.5, 0.6) is 5.75 Å². The van der Waals surface area contributed by atoms with E-state index in [4.69, 9.17) is 10.5 Å². The number of nitrogens with zero attached hydrogens (tertiary/aromatic N) is 3. The van der Waals surface area contributed by atoms with Gasteiger partial charge in [-0.3, -0.25) is 9.48 Å². The summed E-state index contributed by atoms with van der Waals surface area (Å²) in [6.07, 6.45) is 3.65. The van der Waals surface area contributed by atoms with Crippen LogP contribution in [0.25, 0.3) is 0 Å². The van der Waals surface area contributed by atoms with Crippen LogP contribution >= 0.6 is 0 Å². The maximum atomic E-state index is 11.6. The number of hydrogen-bond acceptors (Lipinski definition) is 5. The summed E-state index contributed by atoms with van der Waals surface area (Å²) < 4.78 is 7.10. The van der Waals surface area contributed by atoms with E-state index in [1.165, 1.54) is 0 Å². The lowest BCUT2D eigenvalue weighted by Crippen LogP contribution is -2.28. The zero-order chi connectivity index (χ0) is 14.2. The van der Waals surface area contributed by atoms with Crippen molar-refractivity contribution in [2.24, 2.45) is 0 Å². The fourth-order valence-electron chi connectivity index (χ4n) is 1.58. The Hall–Kier alpha value is -2.57. The zero-order valence-electron chi connectivity index (χ0n) is 11.0. The van der Waals surface area contributed by atoms with E-state index in [0.717, 1.165) is 0 Å². The quantitative estimate of drug-likeness (QED) is 0.715. The summed E-state index contributed by atoms with van der Waals surface area (Å²) in [5.41, 5.74) is 6.25. The van der Waals surface area contributed by atoms with Gasteiger partial charge in [-0.25, -0.2) is 0 Å². The van der Waals surface area contributed by atoms with Gasteiger partial charge in [-0.1, -0.05) is 5.21 Å². The van der Waals surface area contributed by atoms with Gasteiger partial charge >= 0.3 is 0 Å². The van der Waals surface area contributed by atoms with E-state index in [1.807, 2.05) is 0 Å². The zero-order valence-corrected chi connectivity index (χ0v) is 11.0. The lowest BCUT2D eigenvalue weighted by atomic mass is 10.3. The van der Waals surface area contributed by atoms with Crippen molar-refractivity contribution in [1.82, 2.24) is 20.3 Å². The van der Waals surface area contributed by atoms with Crippen molar-refractivity contribution in [1.29, 1.82) is 0 Å². The molecule has 0 unspecified atom stereocenters. The van der Waals surface area contributed by atoms with E-state index in [9.17, 15) is 4.79 Å². The largest absolute Gasteiger partial charge is 0.493 e. The summed E-state index contributed by atoms with van der Waals surface area (Å²) in [4.78, 5) is 11.6. The fourth-order valence-corrected chi connectivity index (χ4v) is 1.58. The molecule has 7 heteroatoms. The van der Waals surface area contributed by atoms with E-state index < -0.39 is 0 Å². The van der Waals surface area contributed by atoms with Crippen LogP contribution in [-0.2, 0) is 11.3 Å². The summed E-state index contributed by atoms with van der Waals surface area (Å²) in [5.74, 6) is 0.648. The van der Waals surface area contributed by atoms with Crippen LogP contribution in [0.3, 0.4) is 0 Å². The minimum Gasteiger partial charge on any atom is -0.493 e. The number of nitrogens with two attached hydrogens (primary N) is 1. The number of nitrogen functional groups attached to an aromatic ring is 1. The molecule has 20 heavy (non-hydrogen) atoms. The summed E-state index contributed by atoms with van der Waals surface area (Å²) in [7, 11) is 0. The molecule has 1 amide bonds. The molecule has 0 fully saturated rings. The van der Waals surface area contributed by atoms with Gasteiger partial charge < -0.3 is 15.8 Å². The van der Waals surface area contributed by atoms with E-state index >= 15 is 0 Å². The van der Waals surface area contributed by atoms with Crippen molar-refractivity contribution in [2.75, 3.05) is 18.9 Å². The molecule has 0 aliphatic carbocycles. The van der Waals surface area contributed by atoms with Crippen molar-refractivity contribution in [3.05, 3.63) is 36.7 Å². The lowest BCUT2D eigenvalue weighted by Gasteiger charge is -2.07. The molecule has 0 atom stereocenters. The number of carbonyl (C=O) groups is 1. The highest BCUT2D eigenvalue weighted by Gasteiger charge is 2.02. The minimum absolute atomic E-state index is 0.0550. The second-order valence-electron chi connectivity index (χ2n) is 4.18. The third-order valence-corrected chi connectivity index (χ3v) is 2.61. The number of hydrogen-bond donors (Lipinski definition) is 2. The van der Waals surface area contributed by atoms with Gasteiger partial charge in [0, 0.05) is 18.4 Å². The number of amides is 1. The summed E-state index contributed by atoms with van der Waals surface area (Å²) >= 11 is 0. The van der Waals surface area contributed by atoms with Crippen molar-refractivity contribution in [2.45, 2.75) is 13.0 Å². The Kier molecular flexibility index (Phi) is 4.94. The van der Waals surface area contributed by atoms with Crippen LogP contribution < -0.4 is 15.8 Å². The third-order valence-electron chi connectivity index (χ3n) is 2.61. The predicted molar refractivity (Wildman–Crippen MR) is 74.0 cm³/mol. The Morgan fingerprint density at radius 1 is 1.35 bits per heavy atom. The van der Waals surface area contributed by atoms with Gasteiger partial charge in [-0.05, 0) is 24.3 Å². The van der Waals surface area contributed by atoms with Crippen LogP contribution in [-0.4, -0.2) is 34.1 Å². The average Bonchev–Trinajstić information content (AvgIpc) is 2.94. The SMILES string of the molecule is Nc1ccc(OCCC(=O)NCCn2ccnn2)cc1. The maximum absolute atomic E-state index is 11.6. The molecule has 1 aromatic heterocycles. The van der Waals surface area contributed by atoms with Crippen molar-refractivity contribution in [3.63, 3.8) is 0 Å². The maximum Gasteiger partial charge on any atom is 0.223 e. The molecule has 0 aliphatic rings. The molecule has 0 saturated heterocycles. The van der Waals surface area contributed by atoms with Gasteiger partial charge in [0.1, 0.15) is 5.75 Å². The Bertz CT molecular complexity index is 524. The summed E-state index contributed by atoms with van der Waals surface area (Å²) in [5, 5.41) is 10.3. The Morgan fingerprint density at radius 3 is 2.85 bits per heavy atom. The molecule has 2 aromatic rings. The highest BCUT2D eigenvalue weighted by Crippen LogP contribution is 2.12. The monoisotopic (exact) mass is 275 g/mol. The molecule has 0 bridgehead atoms. The van der Waals surface area contributed by atoms with Gasteiger partial charge in [0.25, 0.3) is 0 Å². The molecular weight excluding hydrogens is 258 g/mol. The normalized spacial score (nSPS) is 10.2. The van der Waals surface area contributed by atoms with E-state index in [0.29, 0.717) is 37.6 Å². The number of aromatic nitrogens is 3. The highest BCUT2D eigenvalue weighted by molar-refractivity contribution is 5.75. The molecular formula is C13H17N5O2. The van der Waals surface area contributed by atoms with Crippen LogP contribution in [0.1, 0.15) is 6.42 Å². The Balaban J connectivity index is 1.59. The molecule has 0 spiro atoms. The fraction of sp³-hybridized carbons (Fsp3) is 0.308. The number of anilines is 1.